The second kappa shape index (κ2) is 9.20. The van der Waals surface area contributed by atoms with Gasteiger partial charge in [-0.1, -0.05) is 11.6 Å². The summed E-state index contributed by atoms with van der Waals surface area (Å²) in [6.07, 6.45) is 5.39. The number of anilines is 1. The van der Waals surface area contributed by atoms with Crippen LogP contribution in [0, 0.1) is 0 Å². The maximum Gasteiger partial charge on any atom is 0.240 e. The van der Waals surface area contributed by atoms with Gasteiger partial charge in [0.05, 0.1) is 17.2 Å². The number of aromatic nitrogens is 5. The Balaban J connectivity index is 1.60. The summed E-state index contributed by atoms with van der Waals surface area (Å²) in [5.41, 5.74) is 0. The van der Waals surface area contributed by atoms with Crippen LogP contribution >= 0.6 is 11.6 Å². The van der Waals surface area contributed by atoms with Gasteiger partial charge in [-0.15, -0.1) is 10.2 Å². The highest BCUT2D eigenvalue weighted by Crippen LogP contribution is 2.42. The molecule has 1 saturated heterocycles. The Hall–Kier alpha value is -1.82. The van der Waals surface area contributed by atoms with Crippen LogP contribution in [0.5, 0.6) is 0 Å². The number of halogens is 1. The largest absolute Gasteiger partial charge is 0.367 e. The van der Waals surface area contributed by atoms with Crippen LogP contribution < -0.4 is 4.72 Å². The molecule has 0 aromatic carbocycles. The Morgan fingerprint density at radius 3 is 2.41 bits per heavy atom. The van der Waals surface area contributed by atoms with E-state index in [1.807, 2.05) is 25.3 Å². The summed E-state index contributed by atoms with van der Waals surface area (Å²) in [7, 11) is -3.92. The summed E-state index contributed by atoms with van der Waals surface area (Å²) in [4.78, 5) is 8.37. The lowest BCUT2D eigenvalue weighted by Crippen LogP contribution is -2.35. The predicted molar refractivity (Wildman–Crippen MR) is 119 cm³/mol. The minimum Gasteiger partial charge on any atom is -0.367 e. The monoisotopic (exact) mass is 484 g/mol. The topological polar surface area (TPSA) is 121 Å². The molecular formula is C20H29ClN6O4S. The fourth-order valence-corrected chi connectivity index (χ4v) is 4.99. The molecule has 12 heteroatoms. The Kier molecular flexibility index (Phi) is 6.71. The molecule has 1 aliphatic carbocycles. The van der Waals surface area contributed by atoms with Gasteiger partial charge in [-0.05, 0) is 53.4 Å². The van der Waals surface area contributed by atoms with E-state index in [9.17, 15) is 8.42 Å². The van der Waals surface area contributed by atoms with Crippen molar-refractivity contribution in [2.75, 3.05) is 4.72 Å². The van der Waals surface area contributed by atoms with E-state index in [4.69, 9.17) is 21.1 Å². The first-order chi connectivity index (χ1) is 15.2. The Morgan fingerprint density at radius 2 is 1.84 bits per heavy atom. The van der Waals surface area contributed by atoms with E-state index in [1.54, 1.807) is 6.92 Å². The zero-order valence-electron chi connectivity index (χ0n) is 18.6. The van der Waals surface area contributed by atoms with Crippen molar-refractivity contribution in [1.29, 1.82) is 0 Å². The average molecular weight is 485 g/mol. The van der Waals surface area contributed by atoms with Gasteiger partial charge < -0.3 is 9.47 Å². The number of ether oxygens (including phenoxy) is 2. The van der Waals surface area contributed by atoms with Gasteiger partial charge in [0.15, 0.2) is 11.6 Å². The minimum atomic E-state index is -3.92. The average Bonchev–Trinajstić information content (AvgIpc) is 3.35. The standard InChI is InChI=1S/C20H29ClN6O4S/c1-11(2)30-17(18-22-9-14(21)10-23-18)13(4)32(28,29)26-20-25-24-19(27(20)15-6-7-15)16-8-5-12(3)31-16/h9-13,15-17H,5-8H2,1-4H3,(H,25,26)/t12-,13?,16-,17?/m0/s1. The van der Waals surface area contributed by atoms with Gasteiger partial charge >= 0.3 is 0 Å². The van der Waals surface area contributed by atoms with Gasteiger partial charge in [0.2, 0.25) is 16.0 Å². The number of hydrogen-bond donors (Lipinski definition) is 1. The summed E-state index contributed by atoms with van der Waals surface area (Å²) < 4.78 is 43.1. The number of rotatable bonds is 9. The molecule has 2 unspecified atom stereocenters. The molecule has 2 aromatic heterocycles. The molecule has 0 amide bonds. The summed E-state index contributed by atoms with van der Waals surface area (Å²) in [5, 5.41) is 7.82. The third kappa shape index (κ3) is 5.05. The lowest BCUT2D eigenvalue weighted by atomic mass is 10.2. The van der Waals surface area contributed by atoms with Gasteiger partial charge in [-0.25, -0.2) is 18.4 Å². The first kappa shape index (κ1) is 23.3. The van der Waals surface area contributed by atoms with E-state index in [0.717, 1.165) is 25.7 Å². The highest BCUT2D eigenvalue weighted by molar-refractivity contribution is 7.93. The Labute approximate surface area is 193 Å². The second-order valence-electron chi connectivity index (χ2n) is 8.71. The van der Waals surface area contributed by atoms with Crippen LogP contribution in [0.1, 0.15) is 83.3 Å². The van der Waals surface area contributed by atoms with Crippen LogP contribution in [0.25, 0.3) is 0 Å². The van der Waals surface area contributed by atoms with Crippen LogP contribution in [0.4, 0.5) is 5.95 Å². The van der Waals surface area contributed by atoms with Crippen molar-refractivity contribution in [3.63, 3.8) is 0 Å². The van der Waals surface area contributed by atoms with Crippen LogP contribution in [0.3, 0.4) is 0 Å². The van der Waals surface area contributed by atoms with Crippen molar-refractivity contribution in [2.45, 2.75) is 89.1 Å². The zero-order valence-corrected chi connectivity index (χ0v) is 20.2. The molecule has 4 rings (SSSR count). The molecule has 1 saturated carbocycles. The third-order valence-corrected chi connectivity index (χ3v) is 7.51. The molecular weight excluding hydrogens is 456 g/mol. The molecule has 2 aliphatic rings. The van der Waals surface area contributed by atoms with Gasteiger partial charge in [-0.3, -0.25) is 9.29 Å². The fourth-order valence-electron chi connectivity index (χ4n) is 3.80. The fraction of sp³-hybridized carbons (Fsp3) is 0.700. The van der Waals surface area contributed by atoms with Gasteiger partial charge in [-0.2, -0.15) is 0 Å². The summed E-state index contributed by atoms with van der Waals surface area (Å²) in [6, 6.07) is 0.176. The summed E-state index contributed by atoms with van der Waals surface area (Å²) in [5.74, 6) is 1.13. The zero-order chi connectivity index (χ0) is 23.0. The van der Waals surface area contributed by atoms with Crippen molar-refractivity contribution < 1.29 is 17.9 Å². The van der Waals surface area contributed by atoms with E-state index < -0.39 is 21.4 Å². The van der Waals surface area contributed by atoms with Crippen molar-refractivity contribution in [3.05, 3.63) is 29.1 Å². The molecule has 1 aliphatic heterocycles. The van der Waals surface area contributed by atoms with Crippen molar-refractivity contribution in [1.82, 2.24) is 24.7 Å². The Morgan fingerprint density at radius 1 is 1.16 bits per heavy atom. The van der Waals surface area contributed by atoms with Crippen LogP contribution in [-0.2, 0) is 19.5 Å². The maximum absolute atomic E-state index is 13.4. The number of nitrogens with one attached hydrogen (secondary N) is 1. The molecule has 176 valence electrons. The molecule has 1 N–H and O–H groups in total. The number of sulfonamides is 1. The molecule has 2 aromatic rings. The minimum absolute atomic E-state index is 0.151. The first-order valence-corrected chi connectivity index (χ1v) is 12.8. The Bertz CT molecular complexity index is 1040. The predicted octanol–water partition coefficient (Wildman–Crippen LogP) is 3.59. The lowest BCUT2D eigenvalue weighted by Gasteiger charge is -2.25. The van der Waals surface area contributed by atoms with Crippen molar-refractivity contribution >= 4 is 27.6 Å². The first-order valence-electron chi connectivity index (χ1n) is 10.9. The SMILES string of the molecule is CC(C)OC(c1ncc(Cl)cn1)C(C)S(=O)(=O)Nc1nnc([C@@H]2CC[C@H](C)O2)n1C1CC1. The summed E-state index contributed by atoms with van der Waals surface area (Å²) in [6.45, 7) is 7.24. The van der Waals surface area contributed by atoms with E-state index in [1.165, 1.54) is 12.4 Å². The highest BCUT2D eigenvalue weighted by Gasteiger charge is 2.39. The normalized spacial score (nSPS) is 23.4. The van der Waals surface area contributed by atoms with Crippen LogP contribution in [0.2, 0.25) is 5.02 Å². The smallest absolute Gasteiger partial charge is 0.240 e. The number of nitrogens with zero attached hydrogens (tertiary/aromatic N) is 5. The molecule has 0 bridgehead atoms. The maximum atomic E-state index is 13.4. The van der Waals surface area contributed by atoms with Crippen LogP contribution in [-0.4, -0.2) is 50.6 Å². The van der Waals surface area contributed by atoms with E-state index in [-0.39, 0.29) is 36.1 Å². The number of hydrogen-bond acceptors (Lipinski definition) is 8. The molecule has 4 atom stereocenters. The molecule has 3 heterocycles. The molecule has 32 heavy (non-hydrogen) atoms. The summed E-state index contributed by atoms with van der Waals surface area (Å²) >= 11 is 5.89. The third-order valence-electron chi connectivity index (χ3n) is 5.62. The van der Waals surface area contributed by atoms with Gasteiger partial charge in [0.25, 0.3) is 0 Å². The van der Waals surface area contributed by atoms with Crippen LogP contribution in [0.15, 0.2) is 12.4 Å². The van der Waals surface area contributed by atoms with E-state index >= 15 is 0 Å². The van der Waals surface area contributed by atoms with E-state index in [2.05, 4.69) is 24.9 Å². The highest BCUT2D eigenvalue weighted by atomic mass is 35.5. The molecule has 0 spiro atoms. The van der Waals surface area contributed by atoms with Gasteiger partial charge in [0.1, 0.15) is 17.5 Å². The molecule has 10 nitrogen and oxygen atoms in total. The second-order valence-corrected chi connectivity index (χ2v) is 11.2. The van der Waals surface area contributed by atoms with E-state index in [0.29, 0.717) is 10.8 Å². The molecule has 0 radical (unpaired) electrons. The molecule has 2 fully saturated rings. The van der Waals surface area contributed by atoms with Gasteiger partial charge in [0, 0.05) is 18.4 Å². The quantitative estimate of drug-likeness (QED) is 0.573. The van der Waals surface area contributed by atoms with Crippen molar-refractivity contribution in [2.24, 2.45) is 0 Å². The van der Waals surface area contributed by atoms with Crippen molar-refractivity contribution in [3.8, 4) is 0 Å². The lowest BCUT2D eigenvalue weighted by molar-refractivity contribution is 0.00154.